The van der Waals surface area contributed by atoms with Crippen molar-refractivity contribution < 1.29 is 28.6 Å². The Morgan fingerprint density at radius 1 is 0.284 bits per heavy atom. The molecule has 0 aromatic carbocycles. The van der Waals surface area contributed by atoms with Crippen LogP contribution in [0.3, 0.4) is 0 Å². The van der Waals surface area contributed by atoms with Crippen LogP contribution in [0.2, 0.25) is 0 Å². The highest BCUT2D eigenvalue weighted by atomic mass is 16.6. The maximum absolute atomic E-state index is 12.9. The van der Waals surface area contributed by atoms with E-state index in [4.69, 9.17) is 14.2 Å². The van der Waals surface area contributed by atoms with Gasteiger partial charge in [-0.1, -0.05) is 320 Å². The largest absolute Gasteiger partial charge is 0.462 e. The number of esters is 3. The van der Waals surface area contributed by atoms with Gasteiger partial charge in [0.2, 0.25) is 0 Å². The Kier molecular flexibility index (Phi) is 60.7. The van der Waals surface area contributed by atoms with Gasteiger partial charge in [0.1, 0.15) is 13.2 Å². The molecule has 0 spiro atoms. The number of unbranched alkanes of at least 4 members (excludes halogenated alkanes) is 41. The van der Waals surface area contributed by atoms with Gasteiger partial charge in [0.25, 0.3) is 0 Å². The lowest BCUT2D eigenvalue weighted by molar-refractivity contribution is -0.167. The third-order valence-electron chi connectivity index (χ3n) is 14.6. The average Bonchev–Trinajstić information content (AvgIpc) is 3.40. The first-order chi connectivity index (χ1) is 36.5. The minimum Gasteiger partial charge on any atom is -0.462 e. The minimum atomic E-state index is -0.772. The minimum absolute atomic E-state index is 0.0684. The molecule has 1 atom stereocenters. The zero-order chi connectivity index (χ0) is 53.6. The molecule has 74 heavy (non-hydrogen) atoms. The molecule has 0 aliphatic carbocycles. The number of carbonyl (C=O) groups excluding carboxylic acids is 3. The Bertz CT molecular complexity index is 1280. The molecule has 432 valence electrons. The van der Waals surface area contributed by atoms with Crippen LogP contribution in [-0.4, -0.2) is 37.2 Å². The van der Waals surface area contributed by atoms with Gasteiger partial charge in [-0.15, -0.1) is 0 Å². The summed E-state index contributed by atoms with van der Waals surface area (Å²) in [7, 11) is 0. The molecule has 0 aromatic rings. The van der Waals surface area contributed by atoms with Crippen LogP contribution in [0.25, 0.3) is 0 Å². The molecule has 0 fully saturated rings. The van der Waals surface area contributed by atoms with E-state index in [1.807, 2.05) is 0 Å². The molecule has 0 amide bonds. The summed E-state index contributed by atoms with van der Waals surface area (Å²) in [5.74, 6) is -0.847. The van der Waals surface area contributed by atoms with Gasteiger partial charge in [-0.2, -0.15) is 0 Å². The number of rotatable bonds is 60. The van der Waals surface area contributed by atoms with Crippen molar-refractivity contribution in [2.75, 3.05) is 13.2 Å². The molecule has 0 bridgehead atoms. The molecular weight excluding hydrogens is 913 g/mol. The summed E-state index contributed by atoms with van der Waals surface area (Å²) in [5, 5.41) is 0. The van der Waals surface area contributed by atoms with Gasteiger partial charge in [-0.05, 0) is 57.8 Å². The molecule has 0 aliphatic rings. The third-order valence-corrected chi connectivity index (χ3v) is 14.6. The smallest absolute Gasteiger partial charge is 0.306 e. The molecule has 6 heteroatoms. The first-order valence-electron chi connectivity index (χ1n) is 32.6. The molecule has 1 unspecified atom stereocenters. The zero-order valence-electron chi connectivity index (χ0n) is 49.6. The molecule has 0 radical (unpaired) electrons. The molecule has 0 aromatic heterocycles. The van der Waals surface area contributed by atoms with Crippen LogP contribution in [-0.2, 0) is 28.6 Å². The van der Waals surface area contributed by atoms with Crippen molar-refractivity contribution in [1.82, 2.24) is 0 Å². The summed E-state index contributed by atoms with van der Waals surface area (Å²) in [5.41, 5.74) is 0. The number of carbonyl (C=O) groups is 3. The van der Waals surface area contributed by atoms with Crippen LogP contribution in [0.5, 0.6) is 0 Å². The number of hydrogen-bond acceptors (Lipinski definition) is 6. The molecule has 6 nitrogen and oxygen atoms in total. The summed E-state index contributed by atoms with van der Waals surface area (Å²) >= 11 is 0. The van der Waals surface area contributed by atoms with Crippen LogP contribution in [0, 0.1) is 0 Å². The summed E-state index contributed by atoms with van der Waals surface area (Å²) in [6.45, 7) is 6.59. The van der Waals surface area contributed by atoms with E-state index in [1.165, 1.54) is 225 Å². The second-order valence-corrected chi connectivity index (χ2v) is 22.0. The molecule has 0 rings (SSSR count). The molecule has 0 heterocycles. The van der Waals surface area contributed by atoms with Crippen molar-refractivity contribution in [3.05, 3.63) is 48.6 Å². The highest BCUT2D eigenvalue weighted by Crippen LogP contribution is 2.18. The Labute approximate surface area is 460 Å². The number of ether oxygens (including phenoxy) is 3. The Hall–Kier alpha value is -2.63. The van der Waals surface area contributed by atoms with Crippen LogP contribution >= 0.6 is 0 Å². The Balaban J connectivity index is 4.31. The van der Waals surface area contributed by atoms with Crippen LogP contribution in [0.1, 0.15) is 348 Å². The molecule has 0 saturated carbocycles. The standard InChI is InChI=1S/C68H124O6/c1-4-7-10-13-16-19-22-25-28-31-32-33-34-35-36-38-40-43-46-49-52-55-58-61-67(70)73-64-65(63-72-66(69)60-57-54-51-48-45-42-39-30-27-24-21-18-15-12-9-6-3)74-68(71)62-59-56-53-50-47-44-41-37-29-26-23-20-17-14-11-8-5-2/h7,10,16,19,25,28,32-33,65H,4-6,8-9,11-15,17-18,20-24,26-27,29-31,34-64H2,1-3H3/b10-7-,19-16-,28-25-,33-32-. The summed E-state index contributed by atoms with van der Waals surface area (Å²) in [6, 6.07) is 0. The molecular formula is C68H124O6. The van der Waals surface area contributed by atoms with Crippen molar-refractivity contribution >= 4 is 17.9 Å². The topological polar surface area (TPSA) is 78.9 Å². The Morgan fingerprint density at radius 3 is 0.824 bits per heavy atom. The first-order valence-corrected chi connectivity index (χ1v) is 32.6. The van der Waals surface area contributed by atoms with Gasteiger partial charge in [-0.3, -0.25) is 14.4 Å². The average molecular weight is 1040 g/mol. The van der Waals surface area contributed by atoms with Crippen molar-refractivity contribution in [1.29, 1.82) is 0 Å². The van der Waals surface area contributed by atoms with Gasteiger partial charge >= 0.3 is 17.9 Å². The van der Waals surface area contributed by atoms with Crippen molar-refractivity contribution in [2.45, 2.75) is 354 Å². The lowest BCUT2D eigenvalue weighted by Gasteiger charge is -2.18. The predicted octanol–water partition coefficient (Wildman–Crippen LogP) is 22.2. The van der Waals surface area contributed by atoms with Gasteiger partial charge < -0.3 is 14.2 Å². The summed E-state index contributed by atoms with van der Waals surface area (Å²) in [4.78, 5) is 38.4. The van der Waals surface area contributed by atoms with Crippen molar-refractivity contribution in [3.8, 4) is 0 Å². The van der Waals surface area contributed by atoms with E-state index in [0.717, 1.165) is 83.5 Å². The lowest BCUT2D eigenvalue weighted by atomic mass is 10.0. The van der Waals surface area contributed by atoms with E-state index in [9.17, 15) is 14.4 Å². The van der Waals surface area contributed by atoms with Gasteiger partial charge in [0.05, 0.1) is 0 Å². The van der Waals surface area contributed by atoms with E-state index < -0.39 is 6.10 Å². The van der Waals surface area contributed by atoms with Gasteiger partial charge in [-0.25, -0.2) is 0 Å². The normalized spacial score (nSPS) is 12.3. The van der Waals surface area contributed by atoms with Crippen molar-refractivity contribution in [3.63, 3.8) is 0 Å². The molecule has 0 saturated heterocycles. The highest BCUT2D eigenvalue weighted by molar-refractivity contribution is 5.71. The fourth-order valence-electron chi connectivity index (χ4n) is 9.73. The summed E-state index contributed by atoms with van der Waals surface area (Å²) < 4.78 is 17.0. The molecule has 0 aliphatic heterocycles. The summed E-state index contributed by atoms with van der Waals surface area (Å²) in [6.07, 6.45) is 78.3. The van der Waals surface area contributed by atoms with Crippen LogP contribution < -0.4 is 0 Å². The maximum Gasteiger partial charge on any atom is 0.306 e. The molecule has 0 N–H and O–H groups in total. The fourth-order valence-corrected chi connectivity index (χ4v) is 9.73. The number of allylic oxidation sites excluding steroid dienone is 8. The SMILES string of the molecule is CC/C=C\C/C=C\C/C=C\C/C=C\CCCCCCCCCCCCC(=O)OCC(COC(=O)CCCCCCCCCCCCCCCCCC)OC(=O)CCCCCCCCCCCCCCCCCCC. The van der Waals surface area contributed by atoms with Crippen LogP contribution in [0.4, 0.5) is 0 Å². The maximum atomic E-state index is 12.9. The zero-order valence-corrected chi connectivity index (χ0v) is 49.6. The van der Waals surface area contributed by atoms with Gasteiger partial charge in [0, 0.05) is 19.3 Å². The van der Waals surface area contributed by atoms with Gasteiger partial charge in [0.15, 0.2) is 6.10 Å². The predicted molar refractivity (Wildman–Crippen MR) is 321 cm³/mol. The lowest BCUT2D eigenvalue weighted by Crippen LogP contribution is -2.30. The van der Waals surface area contributed by atoms with E-state index in [-0.39, 0.29) is 31.1 Å². The second kappa shape index (κ2) is 62.9. The van der Waals surface area contributed by atoms with Crippen LogP contribution in [0.15, 0.2) is 48.6 Å². The first kappa shape index (κ1) is 71.4. The second-order valence-electron chi connectivity index (χ2n) is 22.0. The van der Waals surface area contributed by atoms with E-state index in [2.05, 4.69) is 69.4 Å². The van der Waals surface area contributed by atoms with E-state index in [0.29, 0.717) is 19.3 Å². The van der Waals surface area contributed by atoms with Crippen molar-refractivity contribution in [2.24, 2.45) is 0 Å². The Morgan fingerprint density at radius 2 is 0.527 bits per heavy atom. The quantitative estimate of drug-likeness (QED) is 0.0261. The number of hydrogen-bond donors (Lipinski definition) is 0. The third kappa shape index (κ3) is 60.2. The highest BCUT2D eigenvalue weighted by Gasteiger charge is 2.19. The monoisotopic (exact) mass is 1040 g/mol. The van der Waals surface area contributed by atoms with E-state index in [1.54, 1.807) is 0 Å². The van der Waals surface area contributed by atoms with E-state index >= 15 is 0 Å². The fraction of sp³-hybridized carbons (Fsp3) is 0.838.